The third-order valence-corrected chi connectivity index (χ3v) is 6.86. The second-order valence-electron chi connectivity index (χ2n) is 10.3. The summed E-state index contributed by atoms with van der Waals surface area (Å²) in [6, 6.07) is -0.195. The number of hydrogen-bond donors (Lipinski definition) is 5. The van der Waals surface area contributed by atoms with E-state index in [1.807, 2.05) is 45.3 Å². The van der Waals surface area contributed by atoms with Crippen molar-refractivity contribution in [1.82, 2.24) is 16.0 Å². The molecule has 0 saturated carbocycles. The van der Waals surface area contributed by atoms with Gasteiger partial charge in [-0.1, -0.05) is 58.1 Å². The Morgan fingerprint density at radius 2 is 2.03 bits per heavy atom. The second-order valence-corrected chi connectivity index (χ2v) is 10.3. The van der Waals surface area contributed by atoms with Crippen LogP contribution in [0.25, 0.3) is 0 Å². The number of alkyl halides is 1. The van der Waals surface area contributed by atoms with E-state index < -0.39 is 5.67 Å². The van der Waals surface area contributed by atoms with Crippen LogP contribution < -0.4 is 21.7 Å². The number of nitrogens with zero attached hydrogens (tertiary/aromatic N) is 1. The number of allylic oxidation sites excluding steroid dienone is 6. The van der Waals surface area contributed by atoms with E-state index in [1.54, 1.807) is 19.1 Å². The molecule has 212 valence electrons. The summed E-state index contributed by atoms with van der Waals surface area (Å²) in [5, 5.41) is 17.5. The zero-order chi connectivity index (χ0) is 27.8. The highest BCUT2D eigenvalue weighted by Gasteiger charge is 2.26. The third kappa shape index (κ3) is 12.4. The lowest BCUT2D eigenvalue weighted by Crippen LogP contribution is -2.38. The van der Waals surface area contributed by atoms with Crippen molar-refractivity contribution in [3.63, 3.8) is 0 Å². The summed E-state index contributed by atoms with van der Waals surface area (Å²) in [5.74, 6) is 0.734. The van der Waals surface area contributed by atoms with Crippen LogP contribution in [0.4, 0.5) is 9.18 Å². The number of urea groups is 1. The molecule has 7 nitrogen and oxygen atoms in total. The van der Waals surface area contributed by atoms with Gasteiger partial charge in [-0.05, 0) is 50.9 Å². The highest BCUT2D eigenvalue weighted by Crippen LogP contribution is 2.27. The maximum atomic E-state index is 13.1. The molecule has 1 heterocycles. The number of rotatable bonds is 11. The van der Waals surface area contributed by atoms with E-state index in [0.29, 0.717) is 44.1 Å². The van der Waals surface area contributed by atoms with Crippen molar-refractivity contribution >= 4 is 18.0 Å². The minimum absolute atomic E-state index is 0. The minimum Gasteiger partial charge on any atom is -0.402 e. The standard InChI is InChI=1S/C21H38N6O.C8H11F.2H2/c1-5-19(22)17(11-20(23)18-7-6-9-25-13-16(18)3)14-27-21(28)26-10-8-15(2)12-24-4;1-7-5-3-4-6-8(7,2)9;;/h6-7,13,15-16,18,23-24H,5,8-12,14,22H2,1-4H3,(H2,26,27,28);3-7H,1-2H3;2*1H/b19-17+,23-20?;;;. The molecule has 6 N–H and O–H groups in total. The number of halogens is 1. The van der Waals surface area contributed by atoms with Gasteiger partial charge >= 0.3 is 6.03 Å². The lowest BCUT2D eigenvalue weighted by molar-refractivity contribution is 0.200. The Balaban J connectivity index is 0. The maximum absolute atomic E-state index is 13.1. The topological polar surface area (TPSA) is 115 Å². The van der Waals surface area contributed by atoms with Crippen LogP contribution in [0, 0.1) is 29.1 Å². The average Bonchev–Trinajstić information content (AvgIpc) is 3.07. The summed E-state index contributed by atoms with van der Waals surface area (Å²) in [6.45, 7) is 12.3. The smallest absolute Gasteiger partial charge is 0.315 e. The Hall–Kier alpha value is -2.74. The molecular weight excluding hydrogens is 467 g/mol. The van der Waals surface area contributed by atoms with Gasteiger partial charge in [-0.2, -0.15) is 0 Å². The van der Waals surface area contributed by atoms with Crippen LogP contribution >= 0.6 is 0 Å². The van der Waals surface area contributed by atoms with Gasteiger partial charge in [0.15, 0.2) is 0 Å². The molecule has 2 aliphatic rings. The summed E-state index contributed by atoms with van der Waals surface area (Å²) in [5.41, 5.74) is 7.31. The van der Waals surface area contributed by atoms with Crippen LogP contribution in [0.3, 0.4) is 0 Å². The van der Waals surface area contributed by atoms with Crippen molar-refractivity contribution in [1.29, 1.82) is 5.41 Å². The molecule has 5 atom stereocenters. The predicted octanol–water partition coefficient (Wildman–Crippen LogP) is 5.43. The van der Waals surface area contributed by atoms with Crippen molar-refractivity contribution in [3.05, 3.63) is 47.7 Å². The van der Waals surface area contributed by atoms with E-state index in [-0.39, 0.29) is 26.6 Å². The molecule has 0 radical (unpaired) electrons. The zero-order valence-corrected chi connectivity index (χ0v) is 23.6. The number of nitrogens with one attached hydrogen (secondary N) is 4. The third-order valence-electron chi connectivity index (χ3n) is 6.86. The van der Waals surface area contributed by atoms with Gasteiger partial charge in [0.05, 0.1) is 6.54 Å². The van der Waals surface area contributed by atoms with Gasteiger partial charge in [0, 0.05) is 57.7 Å². The van der Waals surface area contributed by atoms with Crippen LogP contribution in [0.5, 0.6) is 0 Å². The normalized spacial score (nSPS) is 25.9. The van der Waals surface area contributed by atoms with Crippen LogP contribution in [-0.2, 0) is 0 Å². The molecule has 0 saturated heterocycles. The lowest BCUT2D eigenvalue weighted by Gasteiger charge is -2.23. The second kappa shape index (κ2) is 16.9. The van der Waals surface area contributed by atoms with Gasteiger partial charge in [-0.3, -0.25) is 4.99 Å². The quantitative estimate of drug-likeness (QED) is 0.185. The Bertz CT molecular complexity index is 885. The van der Waals surface area contributed by atoms with E-state index >= 15 is 0 Å². The molecular formula is C29H53FN6O. The van der Waals surface area contributed by atoms with E-state index in [4.69, 9.17) is 11.1 Å². The number of amides is 2. The Morgan fingerprint density at radius 1 is 1.30 bits per heavy atom. The summed E-state index contributed by atoms with van der Waals surface area (Å²) >= 11 is 0. The Morgan fingerprint density at radius 3 is 2.62 bits per heavy atom. The number of hydrogen-bond acceptors (Lipinski definition) is 5. The van der Waals surface area contributed by atoms with Crippen molar-refractivity contribution in [2.75, 3.05) is 33.2 Å². The van der Waals surface area contributed by atoms with Gasteiger partial charge < -0.3 is 27.1 Å². The van der Waals surface area contributed by atoms with Crippen molar-refractivity contribution < 1.29 is 12.0 Å². The summed E-state index contributed by atoms with van der Waals surface area (Å²) in [4.78, 5) is 16.4. The van der Waals surface area contributed by atoms with E-state index in [9.17, 15) is 9.18 Å². The molecule has 8 heteroatoms. The van der Waals surface area contributed by atoms with Gasteiger partial charge in [0.25, 0.3) is 0 Å². The molecule has 5 unspecified atom stereocenters. The maximum Gasteiger partial charge on any atom is 0.315 e. The zero-order valence-electron chi connectivity index (χ0n) is 23.6. The van der Waals surface area contributed by atoms with Crippen LogP contribution in [0.2, 0.25) is 0 Å². The van der Waals surface area contributed by atoms with E-state index in [1.165, 1.54) is 0 Å². The summed E-state index contributed by atoms with van der Waals surface area (Å²) in [7, 11) is 1.93. The first-order chi connectivity index (χ1) is 17.5. The molecule has 0 aromatic rings. The number of aliphatic imine (C=N–C) groups is 1. The monoisotopic (exact) mass is 520 g/mol. The fourth-order valence-corrected chi connectivity index (χ4v) is 4.03. The molecule has 2 amide bonds. The summed E-state index contributed by atoms with van der Waals surface area (Å²) < 4.78 is 13.1. The highest BCUT2D eigenvalue weighted by molar-refractivity contribution is 5.90. The first kappa shape index (κ1) is 32.3. The number of carbonyl (C=O) groups is 1. The average molecular weight is 521 g/mol. The van der Waals surface area contributed by atoms with Crippen LogP contribution in [-0.4, -0.2) is 56.9 Å². The molecule has 37 heavy (non-hydrogen) atoms. The first-order valence-electron chi connectivity index (χ1n) is 13.4. The van der Waals surface area contributed by atoms with E-state index in [2.05, 4.69) is 40.9 Å². The van der Waals surface area contributed by atoms with E-state index in [0.717, 1.165) is 24.2 Å². The largest absolute Gasteiger partial charge is 0.402 e. The fraction of sp³-hybridized carbons (Fsp3) is 0.621. The van der Waals surface area contributed by atoms with Gasteiger partial charge in [-0.25, -0.2) is 9.18 Å². The fourth-order valence-electron chi connectivity index (χ4n) is 4.03. The molecule has 2 rings (SSSR count). The minimum atomic E-state index is -1.13. The summed E-state index contributed by atoms with van der Waals surface area (Å²) in [6.07, 6.45) is 15.2. The van der Waals surface area contributed by atoms with Crippen molar-refractivity contribution in [3.8, 4) is 0 Å². The molecule has 0 aromatic heterocycles. The molecule has 1 aliphatic carbocycles. The highest BCUT2D eigenvalue weighted by atomic mass is 19.1. The molecule has 0 spiro atoms. The molecule has 0 aromatic carbocycles. The van der Waals surface area contributed by atoms with Gasteiger partial charge in [0.2, 0.25) is 0 Å². The van der Waals surface area contributed by atoms with Crippen LogP contribution in [0.1, 0.15) is 56.7 Å². The molecule has 0 fully saturated rings. The molecule has 1 aliphatic heterocycles. The molecule has 0 bridgehead atoms. The lowest BCUT2D eigenvalue weighted by atomic mass is 9.86. The van der Waals surface area contributed by atoms with Gasteiger partial charge in [0.1, 0.15) is 5.67 Å². The van der Waals surface area contributed by atoms with Gasteiger partial charge in [-0.15, -0.1) is 0 Å². The number of nitrogens with two attached hydrogens (primary N) is 1. The van der Waals surface area contributed by atoms with Crippen LogP contribution in [0.15, 0.2) is 52.7 Å². The SMILES string of the molecule is CC/C(N)=C(\CNC(=O)NCCC(C)CNC)CC(=N)C1C=CCN=CC1C.CC1C=CC=CC1(C)F.[HH].[HH]. The first-order valence-corrected chi connectivity index (χ1v) is 13.4. The Kier molecular flexibility index (Phi) is 14.7. The van der Waals surface area contributed by atoms with Crippen molar-refractivity contribution in [2.24, 2.45) is 34.4 Å². The Labute approximate surface area is 226 Å². The van der Waals surface area contributed by atoms with Crippen molar-refractivity contribution in [2.45, 2.75) is 59.5 Å². The predicted molar refractivity (Wildman–Crippen MR) is 159 cm³/mol. The number of carbonyl (C=O) groups excluding carboxylic acids is 1.